The highest BCUT2D eigenvalue weighted by Gasteiger charge is 2.40. The Hall–Kier alpha value is -1.00. The number of hydrogen-bond acceptors (Lipinski definition) is 4. The molecule has 0 aliphatic heterocycles. The zero-order valence-corrected chi connectivity index (χ0v) is 9.87. The van der Waals surface area contributed by atoms with Crippen molar-refractivity contribution in [1.82, 2.24) is 0 Å². The molecule has 1 rings (SSSR count). The maximum atomic E-state index is 5.43. The molecule has 2 atom stereocenters. The van der Waals surface area contributed by atoms with E-state index in [0.29, 0.717) is 11.5 Å². The highest BCUT2D eigenvalue weighted by Crippen LogP contribution is 2.32. The van der Waals surface area contributed by atoms with Crippen LogP contribution in [-0.4, -0.2) is 40.1 Å². The summed E-state index contributed by atoms with van der Waals surface area (Å²) in [6.07, 6.45) is 3.44. The Labute approximate surface area is 90.5 Å². The topological polar surface area (TPSA) is 36.9 Å². The highest BCUT2D eigenvalue weighted by atomic mass is 16.6. The molecule has 0 spiro atoms. The van der Waals surface area contributed by atoms with Crippen molar-refractivity contribution in [2.24, 2.45) is 0 Å². The minimum absolute atomic E-state index is 0.299. The smallest absolute Gasteiger partial charge is 0.169 e. The van der Waals surface area contributed by atoms with E-state index in [1.807, 2.05) is 19.1 Å². The molecule has 0 amide bonds. The van der Waals surface area contributed by atoms with Gasteiger partial charge in [-0.2, -0.15) is 0 Å². The lowest BCUT2D eigenvalue weighted by molar-refractivity contribution is -0.0821. The lowest BCUT2D eigenvalue weighted by atomic mass is 9.91. The van der Waals surface area contributed by atoms with E-state index in [-0.39, 0.29) is 6.10 Å². The quantitative estimate of drug-likeness (QED) is 0.710. The first-order valence-electron chi connectivity index (χ1n) is 4.72. The SMILES string of the molecule is COC1=C(OC)C(OC)C(C)(OC)C=C1. The van der Waals surface area contributed by atoms with E-state index < -0.39 is 5.60 Å². The maximum Gasteiger partial charge on any atom is 0.169 e. The summed E-state index contributed by atoms with van der Waals surface area (Å²) in [4.78, 5) is 0. The minimum Gasteiger partial charge on any atom is -0.494 e. The fourth-order valence-electron chi connectivity index (χ4n) is 1.69. The van der Waals surface area contributed by atoms with Crippen LogP contribution in [0, 0.1) is 0 Å². The van der Waals surface area contributed by atoms with Crippen LogP contribution in [0.5, 0.6) is 0 Å². The number of rotatable bonds is 4. The molecular formula is C11H18O4. The first-order chi connectivity index (χ1) is 7.12. The molecule has 0 radical (unpaired) electrons. The minimum atomic E-state index is -0.526. The average molecular weight is 214 g/mol. The standard InChI is InChI=1S/C11H18O4/c1-11(15-5)7-6-8(12-2)9(13-3)10(11)14-4/h6-7,10H,1-5H3. The van der Waals surface area contributed by atoms with Crippen LogP contribution in [0.25, 0.3) is 0 Å². The number of hydrogen-bond donors (Lipinski definition) is 0. The Kier molecular flexibility index (Phi) is 3.77. The third-order valence-electron chi connectivity index (χ3n) is 2.68. The monoisotopic (exact) mass is 214 g/mol. The third kappa shape index (κ3) is 2.01. The second-order valence-corrected chi connectivity index (χ2v) is 3.47. The van der Waals surface area contributed by atoms with Crippen molar-refractivity contribution in [1.29, 1.82) is 0 Å². The molecule has 1 aliphatic carbocycles. The fraction of sp³-hybridized carbons (Fsp3) is 0.636. The molecule has 0 fully saturated rings. The summed E-state index contributed by atoms with van der Waals surface area (Å²) < 4.78 is 21.3. The Morgan fingerprint density at radius 3 is 2.20 bits per heavy atom. The van der Waals surface area contributed by atoms with Crippen LogP contribution >= 0.6 is 0 Å². The van der Waals surface area contributed by atoms with E-state index in [9.17, 15) is 0 Å². The van der Waals surface area contributed by atoms with Gasteiger partial charge in [-0.25, -0.2) is 0 Å². The molecule has 4 heteroatoms. The van der Waals surface area contributed by atoms with Gasteiger partial charge in [0, 0.05) is 14.2 Å². The van der Waals surface area contributed by atoms with Crippen LogP contribution in [0.4, 0.5) is 0 Å². The summed E-state index contributed by atoms with van der Waals surface area (Å²) >= 11 is 0. The summed E-state index contributed by atoms with van der Waals surface area (Å²) in [5.74, 6) is 1.31. The van der Waals surface area contributed by atoms with Crippen LogP contribution in [-0.2, 0) is 18.9 Å². The van der Waals surface area contributed by atoms with E-state index in [2.05, 4.69) is 0 Å². The Morgan fingerprint density at radius 1 is 1.13 bits per heavy atom. The van der Waals surface area contributed by atoms with Crippen molar-refractivity contribution >= 4 is 0 Å². The van der Waals surface area contributed by atoms with Crippen molar-refractivity contribution in [3.05, 3.63) is 23.7 Å². The Balaban J connectivity index is 3.11. The maximum absolute atomic E-state index is 5.43. The van der Waals surface area contributed by atoms with Gasteiger partial charge in [0.1, 0.15) is 11.7 Å². The van der Waals surface area contributed by atoms with Crippen LogP contribution in [0.1, 0.15) is 6.92 Å². The van der Waals surface area contributed by atoms with Gasteiger partial charge in [-0.1, -0.05) is 0 Å². The van der Waals surface area contributed by atoms with Gasteiger partial charge in [0.25, 0.3) is 0 Å². The molecule has 0 aromatic heterocycles. The van der Waals surface area contributed by atoms with Gasteiger partial charge in [0.15, 0.2) is 11.5 Å². The van der Waals surface area contributed by atoms with Crippen LogP contribution in [0.2, 0.25) is 0 Å². The zero-order chi connectivity index (χ0) is 11.5. The van der Waals surface area contributed by atoms with Gasteiger partial charge in [-0.3, -0.25) is 0 Å². The molecule has 0 heterocycles. The lowest BCUT2D eigenvalue weighted by Crippen LogP contribution is -2.44. The van der Waals surface area contributed by atoms with Gasteiger partial charge in [-0.15, -0.1) is 0 Å². The average Bonchev–Trinajstić information content (AvgIpc) is 2.28. The number of methoxy groups -OCH3 is 4. The fourth-order valence-corrected chi connectivity index (χ4v) is 1.69. The molecule has 0 saturated heterocycles. The molecule has 2 unspecified atom stereocenters. The Bertz CT molecular complexity index is 282. The molecule has 15 heavy (non-hydrogen) atoms. The largest absolute Gasteiger partial charge is 0.494 e. The normalized spacial score (nSPS) is 30.6. The summed E-state index contributed by atoms with van der Waals surface area (Å²) in [5.41, 5.74) is -0.526. The van der Waals surface area contributed by atoms with Crippen molar-refractivity contribution < 1.29 is 18.9 Å². The second kappa shape index (κ2) is 4.68. The molecule has 1 aliphatic rings. The van der Waals surface area contributed by atoms with Gasteiger partial charge in [0.05, 0.1) is 14.2 Å². The molecule has 0 aromatic rings. The second-order valence-electron chi connectivity index (χ2n) is 3.47. The summed E-state index contributed by atoms with van der Waals surface area (Å²) in [6, 6.07) is 0. The van der Waals surface area contributed by atoms with Crippen LogP contribution in [0.3, 0.4) is 0 Å². The summed E-state index contributed by atoms with van der Waals surface area (Å²) in [5, 5.41) is 0. The van der Waals surface area contributed by atoms with Crippen molar-refractivity contribution in [3.63, 3.8) is 0 Å². The van der Waals surface area contributed by atoms with Gasteiger partial charge < -0.3 is 18.9 Å². The number of ether oxygens (including phenoxy) is 4. The molecule has 0 aromatic carbocycles. The lowest BCUT2D eigenvalue weighted by Gasteiger charge is -2.36. The van der Waals surface area contributed by atoms with Crippen LogP contribution in [0.15, 0.2) is 23.7 Å². The molecule has 0 bridgehead atoms. The van der Waals surface area contributed by atoms with E-state index in [0.717, 1.165) is 0 Å². The van der Waals surface area contributed by atoms with Crippen molar-refractivity contribution in [2.75, 3.05) is 28.4 Å². The van der Waals surface area contributed by atoms with Gasteiger partial charge in [-0.05, 0) is 19.1 Å². The molecule has 4 nitrogen and oxygen atoms in total. The van der Waals surface area contributed by atoms with Gasteiger partial charge in [0.2, 0.25) is 0 Å². The van der Waals surface area contributed by atoms with Crippen molar-refractivity contribution in [2.45, 2.75) is 18.6 Å². The summed E-state index contributed by atoms with van der Waals surface area (Å²) in [6.45, 7) is 1.93. The predicted octanol–water partition coefficient (Wildman–Crippen LogP) is 1.48. The van der Waals surface area contributed by atoms with Crippen LogP contribution < -0.4 is 0 Å². The predicted molar refractivity (Wildman–Crippen MR) is 56.4 cm³/mol. The van der Waals surface area contributed by atoms with E-state index in [4.69, 9.17) is 18.9 Å². The molecule has 0 N–H and O–H groups in total. The third-order valence-corrected chi connectivity index (χ3v) is 2.68. The summed E-state index contributed by atoms with van der Waals surface area (Å²) in [7, 11) is 6.45. The van der Waals surface area contributed by atoms with Gasteiger partial charge >= 0.3 is 0 Å². The van der Waals surface area contributed by atoms with E-state index in [1.165, 1.54) is 0 Å². The van der Waals surface area contributed by atoms with Crippen molar-refractivity contribution in [3.8, 4) is 0 Å². The van der Waals surface area contributed by atoms with E-state index >= 15 is 0 Å². The zero-order valence-electron chi connectivity index (χ0n) is 9.87. The Morgan fingerprint density at radius 2 is 1.80 bits per heavy atom. The molecule has 86 valence electrons. The molecular weight excluding hydrogens is 196 g/mol. The highest BCUT2D eigenvalue weighted by molar-refractivity contribution is 5.31. The molecule has 0 saturated carbocycles. The first kappa shape index (κ1) is 12.1. The van der Waals surface area contributed by atoms with E-state index in [1.54, 1.807) is 28.4 Å². The number of allylic oxidation sites excluding steroid dienone is 1. The first-order valence-corrected chi connectivity index (χ1v) is 4.72.